The minimum Gasteiger partial charge on any atom is -0.383 e. The van der Waals surface area contributed by atoms with E-state index in [9.17, 15) is 0 Å². The quantitative estimate of drug-likeness (QED) is 0.656. The van der Waals surface area contributed by atoms with Gasteiger partial charge in [-0.3, -0.25) is 4.90 Å². The average molecular weight is 251 g/mol. The lowest BCUT2D eigenvalue weighted by atomic mass is 10.3. The molecule has 1 heterocycles. The predicted molar refractivity (Wildman–Crippen MR) is 67.7 cm³/mol. The molecular formula is C12H21N5O. The molecule has 0 unspecified atom stereocenters. The number of rotatable bonds is 9. The zero-order valence-corrected chi connectivity index (χ0v) is 11.2. The molecule has 0 amide bonds. The van der Waals surface area contributed by atoms with Crippen molar-refractivity contribution in [1.82, 2.24) is 19.7 Å². The highest BCUT2D eigenvalue weighted by atomic mass is 16.5. The van der Waals surface area contributed by atoms with E-state index in [4.69, 9.17) is 10.00 Å². The van der Waals surface area contributed by atoms with Gasteiger partial charge in [-0.2, -0.15) is 10.4 Å². The van der Waals surface area contributed by atoms with E-state index in [0.717, 1.165) is 31.9 Å². The highest BCUT2D eigenvalue weighted by Gasteiger charge is 2.10. The van der Waals surface area contributed by atoms with Gasteiger partial charge in [0.25, 0.3) is 0 Å². The van der Waals surface area contributed by atoms with E-state index in [2.05, 4.69) is 28.0 Å². The van der Waals surface area contributed by atoms with E-state index in [1.807, 2.05) is 4.68 Å². The number of aromatic nitrogens is 3. The topological polar surface area (TPSA) is 67.0 Å². The molecule has 100 valence electrons. The van der Waals surface area contributed by atoms with Gasteiger partial charge in [0.05, 0.1) is 19.2 Å². The van der Waals surface area contributed by atoms with Crippen LogP contribution in [0.5, 0.6) is 0 Å². The number of ether oxygens (including phenoxy) is 1. The smallest absolute Gasteiger partial charge is 0.141 e. The summed E-state index contributed by atoms with van der Waals surface area (Å²) >= 11 is 0. The van der Waals surface area contributed by atoms with Crippen LogP contribution in [-0.4, -0.2) is 46.5 Å². The summed E-state index contributed by atoms with van der Waals surface area (Å²) in [6.45, 7) is 5.91. The standard InChI is InChI=1S/C12H21N5O/c1-3-6-17-12(14-11-15-17)10-16(7-4-5-13)8-9-18-2/h11H,3-4,6-10H2,1-2H3. The molecule has 6 nitrogen and oxygen atoms in total. The molecule has 1 aromatic rings. The van der Waals surface area contributed by atoms with E-state index in [0.29, 0.717) is 19.6 Å². The summed E-state index contributed by atoms with van der Waals surface area (Å²) in [5.41, 5.74) is 0. The van der Waals surface area contributed by atoms with E-state index in [1.165, 1.54) is 0 Å². The number of hydrogen-bond donors (Lipinski definition) is 0. The lowest BCUT2D eigenvalue weighted by Crippen LogP contribution is -2.29. The van der Waals surface area contributed by atoms with Crippen LogP contribution in [0.25, 0.3) is 0 Å². The molecule has 0 aromatic carbocycles. The molecule has 0 aliphatic heterocycles. The molecule has 18 heavy (non-hydrogen) atoms. The van der Waals surface area contributed by atoms with E-state index < -0.39 is 0 Å². The van der Waals surface area contributed by atoms with Gasteiger partial charge in [-0.15, -0.1) is 0 Å². The van der Waals surface area contributed by atoms with E-state index >= 15 is 0 Å². The maximum Gasteiger partial charge on any atom is 0.141 e. The van der Waals surface area contributed by atoms with Crippen LogP contribution >= 0.6 is 0 Å². The first-order valence-electron chi connectivity index (χ1n) is 6.26. The van der Waals surface area contributed by atoms with Gasteiger partial charge in [0.2, 0.25) is 0 Å². The van der Waals surface area contributed by atoms with Crippen molar-refractivity contribution >= 4 is 0 Å². The van der Waals surface area contributed by atoms with Crippen molar-refractivity contribution in [3.63, 3.8) is 0 Å². The zero-order valence-electron chi connectivity index (χ0n) is 11.2. The van der Waals surface area contributed by atoms with Crippen molar-refractivity contribution in [2.24, 2.45) is 0 Å². The molecule has 1 aromatic heterocycles. The summed E-state index contributed by atoms with van der Waals surface area (Å²) in [5, 5.41) is 12.9. The Morgan fingerprint density at radius 2 is 2.33 bits per heavy atom. The number of methoxy groups -OCH3 is 1. The molecule has 0 aliphatic rings. The van der Waals surface area contributed by atoms with Crippen LogP contribution in [0.4, 0.5) is 0 Å². The number of nitriles is 1. The molecule has 0 saturated carbocycles. The number of nitrogens with zero attached hydrogens (tertiary/aromatic N) is 5. The molecule has 1 rings (SSSR count). The summed E-state index contributed by atoms with van der Waals surface area (Å²) < 4.78 is 7.00. The van der Waals surface area contributed by atoms with E-state index in [-0.39, 0.29) is 0 Å². The third-order valence-electron chi connectivity index (χ3n) is 2.65. The van der Waals surface area contributed by atoms with Crippen molar-refractivity contribution in [2.75, 3.05) is 26.8 Å². The summed E-state index contributed by atoms with van der Waals surface area (Å²) in [6.07, 6.45) is 3.14. The van der Waals surface area contributed by atoms with Crippen molar-refractivity contribution in [2.45, 2.75) is 32.9 Å². The van der Waals surface area contributed by atoms with Crippen LogP contribution in [0.1, 0.15) is 25.6 Å². The molecule has 0 saturated heterocycles. The molecule has 0 bridgehead atoms. The first kappa shape index (κ1) is 14.6. The first-order valence-corrected chi connectivity index (χ1v) is 6.26. The fraction of sp³-hybridized carbons (Fsp3) is 0.750. The highest BCUT2D eigenvalue weighted by Crippen LogP contribution is 2.03. The normalized spacial score (nSPS) is 10.8. The summed E-state index contributed by atoms with van der Waals surface area (Å²) in [7, 11) is 1.68. The van der Waals surface area contributed by atoms with Gasteiger partial charge in [0.1, 0.15) is 12.2 Å². The van der Waals surface area contributed by atoms with Gasteiger partial charge >= 0.3 is 0 Å². The largest absolute Gasteiger partial charge is 0.383 e. The Hall–Kier alpha value is -1.45. The van der Waals surface area contributed by atoms with Crippen LogP contribution in [0.15, 0.2) is 6.33 Å². The van der Waals surface area contributed by atoms with Gasteiger partial charge in [0, 0.05) is 33.2 Å². The summed E-state index contributed by atoms with van der Waals surface area (Å²) in [6, 6.07) is 2.17. The van der Waals surface area contributed by atoms with Crippen molar-refractivity contribution in [1.29, 1.82) is 5.26 Å². The van der Waals surface area contributed by atoms with Crippen LogP contribution in [0.3, 0.4) is 0 Å². The van der Waals surface area contributed by atoms with E-state index in [1.54, 1.807) is 13.4 Å². The monoisotopic (exact) mass is 251 g/mol. The van der Waals surface area contributed by atoms with Gasteiger partial charge in [-0.25, -0.2) is 9.67 Å². The molecule has 0 aliphatic carbocycles. The minimum absolute atomic E-state index is 0.519. The Bertz CT molecular complexity index is 371. The lowest BCUT2D eigenvalue weighted by Gasteiger charge is -2.20. The average Bonchev–Trinajstić information content (AvgIpc) is 2.80. The van der Waals surface area contributed by atoms with Crippen molar-refractivity contribution in [3.05, 3.63) is 12.2 Å². The summed E-state index contributed by atoms with van der Waals surface area (Å²) in [5.74, 6) is 0.950. The Kier molecular flexibility index (Phi) is 6.99. The Morgan fingerprint density at radius 3 is 3.00 bits per heavy atom. The van der Waals surface area contributed by atoms with Gasteiger partial charge < -0.3 is 4.74 Å². The second-order valence-electron chi connectivity index (χ2n) is 4.08. The van der Waals surface area contributed by atoms with Crippen molar-refractivity contribution < 1.29 is 4.74 Å². The summed E-state index contributed by atoms with van der Waals surface area (Å²) in [4.78, 5) is 6.45. The van der Waals surface area contributed by atoms with Crippen LogP contribution < -0.4 is 0 Å². The van der Waals surface area contributed by atoms with Gasteiger partial charge in [-0.05, 0) is 6.42 Å². The fourth-order valence-corrected chi connectivity index (χ4v) is 1.71. The SMILES string of the molecule is CCCn1ncnc1CN(CCC#N)CCOC. The Labute approximate surface area is 108 Å². The molecule has 0 fully saturated rings. The van der Waals surface area contributed by atoms with Gasteiger partial charge in [0.15, 0.2) is 0 Å². The zero-order chi connectivity index (χ0) is 13.2. The molecule has 0 atom stereocenters. The maximum absolute atomic E-state index is 8.66. The fourth-order valence-electron chi connectivity index (χ4n) is 1.71. The predicted octanol–water partition coefficient (Wildman–Crippen LogP) is 1.05. The van der Waals surface area contributed by atoms with Gasteiger partial charge in [-0.1, -0.05) is 6.92 Å². The Balaban J connectivity index is 2.57. The lowest BCUT2D eigenvalue weighted by molar-refractivity contribution is 0.142. The Morgan fingerprint density at radius 1 is 1.50 bits per heavy atom. The highest BCUT2D eigenvalue weighted by molar-refractivity contribution is 4.85. The van der Waals surface area contributed by atoms with Crippen LogP contribution in [0.2, 0.25) is 0 Å². The third kappa shape index (κ3) is 4.82. The van der Waals surface area contributed by atoms with Crippen LogP contribution in [-0.2, 0) is 17.8 Å². The number of aryl methyl sites for hydroxylation is 1. The van der Waals surface area contributed by atoms with Crippen molar-refractivity contribution in [3.8, 4) is 6.07 Å². The molecular weight excluding hydrogens is 230 g/mol. The second kappa shape index (κ2) is 8.61. The van der Waals surface area contributed by atoms with Crippen LogP contribution in [0, 0.1) is 11.3 Å². The molecule has 0 spiro atoms. The first-order chi connectivity index (χ1) is 8.81. The molecule has 0 radical (unpaired) electrons. The molecule has 6 heteroatoms. The second-order valence-corrected chi connectivity index (χ2v) is 4.08. The third-order valence-corrected chi connectivity index (χ3v) is 2.65. The maximum atomic E-state index is 8.66. The minimum atomic E-state index is 0.519. The number of hydrogen-bond acceptors (Lipinski definition) is 5. The molecule has 0 N–H and O–H groups in total.